The van der Waals surface area contributed by atoms with Gasteiger partial charge in [-0.15, -0.1) is 24.8 Å². The van der Waals surface area contributed by atoms with Gasteiger partial charge in [0.1, 0.15) is 0 Å². The van der Waals surface area contributed by atoms with Crippen LogP contribution in [-0.2, 0) is 4.74 Å². The molecule has 0 bridgehead atoms. The molecule has 0 saturated carbocycles. The number of hydrogen-bond acceptors (Lipinski definition) is 3. The molecule has 1 aliphatic heterocycles. The topological polar surface area (TPSA) is 33.3 Å². The monoisotopic (exact) mass is 244 g/mol. The maximum atomic E-state index is 5.25. The third-order valence-electron chi connectivity index (χ3n) is 2.22. The second-order valence-corrected chi connectivity index (χ2v) is 3.18. The molecule has 1 saturated heterocycles. The van der Waals surface area contributed by atoms with Crippen LogP contribution in [0.25, 0.3) is 0 Å². The largest absolute Gasteiger partial charge is 0.380 e. The Hall–Kier alpha value is 0.460. The van der Waals surface area contributed by atoms with E-state index in [9.17, 15) is 0 Å². The molecule has 0 aromatic carbocycles. The molecule has 3 nitrogen and oxygen atoms in total. The number of hydrogen-bond donors (Lipinski definition) is 2. The van der Waals surface area contributed by atoms with E-state index in [4.69, 9.17) is 4.74 Å². The van der Waals surface area contributed by atoms with E-state index < -0.39 is 0 Å². The molecular formula is C9H22Cl2N2O. The predicted molar refractivity (Wildman–Crippen MR) is 64.9 cm³/mol. The highest BCUT2D eigenvalue weighted by atomic mass is 35.5. The van der Waals surface area contributed by atoms with Gasteiger partial charge >= 0.3 is 0 Å². The fraction of sp³-hybridized carbons (Fsp3) is 1.00. The van der Waals surface area contributed by atoms with Gasteiger partial charge in [0, 0.05) is 19.2 Å². The van der Waals surface area contributed by atoms with E-state index in [0.717, 1.165) is 32.8 Å². The molecule has 0 amide bonds. The Morgan fingerprint density at radius 2 is 1.93 bits per heavy atom. The van der Waals surface area contributed by atoms with Gasteiger partial charge in [0.2, 0.25) is 0 Å². The van der Waals surface area contributed by atoms with Crippen molar-refractivity contribution in [2.24, 2.45) is 0 Å². The van der Waals surface area contributed by atoms with Gasteiger partial charge in [-0.2, -0.15) is 0 Å². The SMILES string of the molecule is CCOCCNC1CCNCC1.Cl.Cl. The summed E-state index contributed by atoms with van der Waals surface area (Å²) >= 11 is 0. The number of ether oxygens (including phenoxy) is 1. The summed E-state index contributed by atoms with van der Waals surface area (Å²) in [4.78, 5) is 0. The molecular weight excluding hydrogens is 223 g/mol. The first kappa shape index (κ1) is 16.9. The zero-order valence-corrected chi connectivity index (χ0v) is 10.4. The Kier molecular flexibility index (Phi) is 13.9. The molecule has 0 spiro atoms. The summed E-state index contributed by atoms with van der Waals surface area (Å²) in [5.74, 6) is 0. The lowest BCUT2D eigenvalue weighted by atomic mass is 10.1. The highest BCUT2D eigenvalue weighted by Crippen LogP contribution is 2.00. The minimum atomic E-state index is 0. The molecule has 2 N–H and O–H groups in total. The van der Waals surface area contributed by atoms with Gasteiger partial charge in [-0.1, -0.05) is 0 Å². The maximum Gasteiger partial charge on any atom is 0.0590 e. The quantitative estimate of drug-likeness (QED) is 0.714. The van der Waals surface area contributed by atoms with Gasteiger partial charge in [0.15, 0.2) is 0 Å². The van der Waals surface area contributed by atoms with E-state index in [2.05, 4.69) is 10.6 Å². The molecule has 0 aromatic heterocycles. The van der Waals surface area contributed by atoms with Crippen molar-refractivity contribution in [2.45, 2.75) is 25.8 Å². The summed E-state index contributed by atoms with van der Waals surface area (Å²) in [6, 6.07) is 0.715. The van der Waals surface area contributed by atoms with Crippen molar-refractivity contribution in [2.75, 3.05) is 32.8 Å². The Morgan fingerprint density at radius 1 is 1.29 bits per heavy atom. The summed E-state index contributed by atoms with van der Waals surface area (Å²) in [7, 11) is 0. The summed E-state index contributed by atoms with van der Waals surface area (Å²) in [5.41, 5.74) is 0. The zero-order valence-electron chi connectivity index (χ0n) is 8.75. The molecule has 1 rings (SSSR count). The number of rotatable bonds is 5. The average molecular weight is 245 g/mol. The number of piperidine rings is 1. The first-order valence-corrected chi connectivity index (χ1v) is 4.95. The maximum absolute atomic E-state index is 5.25. The van der Waals surface area contributed by atoms with Crippen LogP contribution in [0, 0.1) is 0 Å². The first-order valence-electron chi connectivity index (χ1n) is 4.95. The fourth-order valence-corrected chi connectivity index (χ4v) is 1.51. The highest BCUT2D eigenvalue weighted by Gasteiger charge is 2.10. The second kappa shape index (κ2) is 11.5. The second-order valence-electron chi connectivity index (χ2n) is 3.18. The molecule has 0 aliphatic carbocycles. The van der Waals surface area contributed by atoms with Gasteiger partial charge in [0.25, 0.3) is 0 Å². The molecule has 0 radical (unpaired) electrons. The van der Waals surface area contributed by atoms with Gasteiger partial charge in [-0.05, 0) is 32.9 Å². The van der Waals surface area contributed by atoms with Crippen LogP contribution in [0.3, 0.4) is 0 Å². The summed E-state index contributed by atoms with van der Waals surface area (Å²) in [6.45, 7) is 7.02. The third-order valence-corrected chi connectivity index (χ3v) is 2.22. The summed E-state index contributed by atoms with van der Waals surface area (Å²) < 4.78 is 5.25. The van der Waals surface area contributed by atoms with Crippen LogP contribution in [-0.4, -0.2) is 38.9 Å². The van der Waals surface area contributed by atoms with Crippen molar-refractivity contribution in [3.05, 3.63) is 0 Å². The lowest BCUT2D eigenvalue weighted by Gasteiger charge is -2.23. The summed E-state index contributed by atoms with van der Waals surface area (Å²) in [5, 5.41) is 6.84. The van der Waals surface area contributed by atoms with E-state index in [1.807, 2.05) is 6.92 Å². The average Bonchev–Trinajstić information content (AvgIpc) is 2.14. The van der Waals surface area contributed by atoms with Gasteiger partial charge < -0.3 is 15.4 Å². The molecule has 1 aliphatic rings. The van der Waals surface area contributed by atoms with Crippen molar-refractivity contribution in [1.29, 1.82) is 0 Å². The lowest BCUT2D eigenvalue weighted by Crippen LogP contribution is -2.41. The van der Waals surface area contributed by atoms with Crippen molar-refractivity contribution < 1.29 is 4.74 Å². The van der Waals surface area contributed by atoms with Gasteiger partial charge in [0.05, 0.1) is 6.61 Å². The molecule has 1 fully saturated rings. The molecule has 0 unspecified atom stereocenters. The van der Waals surface area contributed by atoms with E-state index in [-0.39, 0.29) is 24.8 Å². The van der Waals surface area contributed by atoms with Crippen LogP contribution < -0.4 is 10.6 Å². The summed E-state index contributed by atoms with van der Waals surface area (Å²) in [6.07, 6.45) is 2.51. The molecule has 0 atom stereocenters. The van der Waals surface area contributed by atoms with E-state index in [0.29, 0.717) is 6.04 Å². The van der Waals surface area contributed by atoms with Crippen LogP contribution in [0.2, 0.25) is 0 Å². The van der Waals surface area contributed by atoms with Crippen molar-refractivity contribution in [3.63, 3.8) is 0 Å². The predicted octanol–water partition coefficient (Wildman–Crippen LogP) is 1.21. The Labute approximate surface area is 99.2 Å². The van der Waals surface area contributed by atoms with Crippen LogP contribution in [0.1, 0.15) is 19.8 Å². The Balaban J connectivity index is 0. The Morgan fingerprint density at radius 3 is 2.50 bits per heavy atom. The molecule has 1 heterocycles. The van der Waals surface area contributed by atoms with Crippen LogP contribution in [0.15, 0.2) is 0 Å². The molecule has 5 heteroatoms. The standard InChI is InChI=1S/C9H20N2O.2ClH/c1-2-12-8-7-11-9-3-5-10-6-4-9;;/h9-11H,2-8H2,1H3;2*1H. The third kappa shape index (κ3) is 7.83. The van der Waals surface area contributed by atoms with Crippen molar-refractivity contribution >= 4 is 24.8 Å². The molecule has 88 valence electrons. The molecule has 0 aromatic rings. The first-order chi connectivity index (χ1) is 5.93. The zero-order chi connectivity index (χ0) is 8.65. The lowest BCUT2D eigenvalue weighted by molar-refractivity contribution is 0.145. The van der Waals surface area contributed by atoms with Crippen LogP contribution in [0.5, 0.6) is 0 Å². The van der Waals surface area contributed by atoms with E-state index in [1.165, 1.54) is 12.8 Å². The minimum Gasteiger partial charge on any atom is -0.380 e. The van der Waals surface area contributed by atoms with Crippen molar-refractivity contribution in [1.82, 2.24) is 10.6 Å². The van der Waals surface area contributed by atoms with E-state index in [1.54, 1.807) is 0 Å². The van der Waals surface area contributed by atoms with Crippen LogP contribution >= 0.6 is 24.8 Å². The number of nitrogens with one attached hydrogen (secondary N) is 2. The Bertz CT molecular complexity index is 111. The highest BCUT2D eigenvalue weighted by molar-refractivity contribution is 5.85. The molecule has 14 heavy (non-hydrogen) atoms. The van der Waals surface area contributed by atoms with Gasteiger partial charge in [-0.25, -0.2) is 0 Å². The minimum absolute atomic E-state index is 0. The van der Waals surface area contributed by atoms with Crippen molar-refractivity contribution in [3.8, 4) is 0 Å². The van der Waals surface area contributed by atoms with E-state index >= 15 is 0 Å². The number of halogens is 2. The fourth-order valence-electron chi connectivity index (χ4n) is 1.51. The normalized spacial score (nSPS) is 16.9. The van der Waals surface area contributed by atoms with Crippen LogP contribution in [0.4, 0.5) is 0 Å². The smallest absolute Gasteiger partial charge is 0.0590 e. The van der Waals surface area contributed by atoms with Gasteiger partial charge in [-0.3, -0.25) is 0 Å².